The third-order valence-corrected chi connectivity index (χ3v) is 3.29. The van der Waals surface area contributed by atoms with Gasteiger partial charge in [-0.25, -0.2) is 0 Å². The maximum atomic E-state index is 12.2. The molecule has 2 aliphatic rings. The van der Waals surface area contributed by atoms with E-state index in [-0.39, 0.29) is 23.8 Å². The Hall–Kier alpha value is -1.08. The fourth-order valence-corrected chi connectivity index (χ4v) is 2.23. The van der Waals surface area contributed by atoms with Gasteiger partial charge in [-0.3, -0.25) is 4.79 Å². The van der Waals surface area contributed by atoms with Crippen molar-refractivity contribution in [1.29, 1.82) is 5.26 Å². The zero-order valence-corrected chi connectivity index (χ0v) is 9.99. The Morgan fingerprint density at radius 3 is 2.81 bits per heavy atom. The van der Waals surface area contributed by atoms with E-state index in [9.17, 15) is 4.79 Å². The molecule has 1 N–H and O–H groups in total. The third-order valence-electron chi connectivity index (χ3n) is 3.29. The second-order valence-corrected chi connectivity index (χ2v) is 5.66. The molecule has 88 valence electrons. The van der Waals surface area contributed by atoms with E-state index in [1.165, 1.54) is 0 Å². The van der Waals surface area contributed by atoms with Crippen molar-refractivity contribution in [3.63, 3.8) is 0 Å². The van der Waals surface area contributed by atoms with E-state index in [4.69, 9.17) is 5.26 Å². The molecule has 16 heavy (non-hydrogen) atoms. The van der Waals surface area contributed by atoms with Crippen molar-refractivity contribution in [3.05, 3.63) is 0 Å². The van der Waals surface area contributed by atoms with E-state index < -0.39 is 0 Å². The molecule has 1 unspecified atom stereocenters. The summed E-state index contributed by atoms with van der Waals surface area (Å²) in [5.41, 5.74) is 0.0997. The molecule has 1 aliphatic carbocycles. The Morgan fingerprint density at radius 1 is 1.56 bits per heavy atom. The Bertz CT molecular complexity index is 328. The first-order valence-corrected chi connectivity index (χ1v) is 5.94. The normalized spacial score (nSPS) is 29.7. The lowest BCUT2D eigenvalue weighted by Gasteiger charge is -2.29. The van der Waals surface area contributed by atoms with Crippen LogP contribution in [0, 0.1) is 16.7 Å². The van der Waals surface area contributed by atoms with Gasteiger partial charge in [0.05, 0.1) is 18.5 Å². The molecule has 1 atom stereocenters. The molecule has 1 aliphatic heterocycles. The predicted molar refractivity (Wildman–Crippen MR) is 60.5 cm³/mol. The predicted octanol–water partition coefficient (Wildman–Crippen LogP) is 0.889. The van der Waals surface area contributed by atoms with Crippen LogP contribution in [0.2, 0.25) is 0 Å². The summed E-state index contributed by atoms with van der Waals surface area (Å²) in [6, 6.07) is 2.23. The van der Waals surface area contributed by atoms with Gasteiger partial charge in [-0.1, -0.05) is 13.8 Å². The van der Waals surface area contributed by atoms with Gasteiger partial charge in [0.15, 0.2) is 0 Å². The van der Waals surface area contributed by atoms with Gasteiger partial charge in [-0.05, 0) is 18.3 Å². The Kier molecular flexibility index (Phi) is 2.90. The minimum absolute atomic E-state index is 0.0997. The zero-order valence-electron chi connectivity index (χ0n) is 9.99. The summed E-state index contributed by atoms with van der Waals surface area (Å²) >= 11 is 0. The SMILES string of the molecule is CC1(C)CNC(CC#N)C(=O)N(C2CC2)C1. The summed E-state index contributed by atoms with van der Waals surface area (Å²) in [7, 11) is 0. The first-order chi connectivity index (χ1) is 7.53. The number of nitrogens with one attached hydrogen (secondary N) is 1. The van der Waals surface area contributed by atoms with Gasteiger partial charge in [0.2, 0.25) is 5.91 Å². The van der Waals surface area contributed by atoms with E-state index >= 15 is 0 Å². The van der Waals surface area contributed by atoms with Gasteiger partial charge in [-0.2, -0.15) is 5.26 Å². The third kappa shape index (κ3) is 2.35. The largest absolute Gasteiger partial charge is 0.338 e. The van der Waals surface area contributed by atoms with Crippen LogP contribution in [0.1, 0.15) is 33.1 Å². The molecule has 1 amide bonds. The van der Waals surface area contributed by atoms with Gasteiger partial charge in [-0.15, -0.1) is 0 Å². The number of nitriles is 1. The summed E-state index contributed by atoms with van der Waals surface area (Å²) < 4.78 is 0. The lowest BCUT2D eigenvalue weighted by molar-refractivity contribution is -0.133. The van der Waals surface area contributed by atoms with Crippen LogP contribution >= 0.6 is 0 Å². The van der Waals surface area contributed by atoms with Crippen molar-refractivity contribution >= 4 is 5.91 Å². The molecular formula is C12H19N3O. The van der Waals surface area contributed by atoms with E-state index in [2.05, 4.69) is 25.2 Å². The number of nitrogens with zero attached hydrogens (tertiary/aromatic N) is 2. The second-order valence-electron chi connectivity index (χ2n) is 5.66. The quantitative estimate of drug-likeness (QED) is 0.753. The summed E-state index contributed by atoms with van der Waals surface area (Å²) in [4.78, 5) is 14.2. The molecule has 0 aromatic heterocycles. The maximum Gasteiger partial charge on any atom is 0.241 e. The summed E-state index contributed by atoms with van der Waals surface area (Å²) in [5.74, 6) is 0.120. The minimum atomic E-state index is -0.299. The Labute approximate surface area is 96.6 Å². The van der Waals surface area contributed by atoms with Gasteiger partial charge in [0.1, 0.15) is 0 Å². The number of carbonyl (C=O) groups excluding carboxylic acids is 1. The molecule has 0 radical (unpaired) electrons. The van der Waals surface area contributed by atoms with Gasteiger partial charge < -0.3 is 10.2 Å². The van der Waals surface area contributed by atoms with Gasteiger partial charge >= 0.3 is 0 Å². The van der Waals surface area contributed by atoms with Crippen LogP contribution in [-0.4, -0.2) is 36.0 Å². The molecule has 2 fully saturated rings. The molecule has 0 bridgehead atoms. The topological polar surface area (TPSA) is 56.1 Å². The first kappa shape index (κ1) is 11.4. The number of carbonyl (C=O) groups is 1. The van der Waals surface area contributed by atoms with Crippen molar-refractivity contribution in [2.75, 3.05) is 13.1 Å². The summed E-state index contributed by atoms with van der Waals surface area (Å²) in [5, 5.41) is 12.0. The van der Waals surface area contributed by atoms with E-state index in [1.54, 1.807) is 0 Å². The summed E-state index contributed by atoms with van der Waals surface area (Å²) in [6.45, 7) is 5.94. The average Bonchev–Trinajstić information content (AvgIpc) is 3.02. The molecule has 0 aromatic rings. The smallest absolute Gasteiger partial charge is 0.241 e. The highest BCUT2D eigenvalue weighted by Crippen LogP contribution is 2.32. The molecule has 4 nitrogen and oxygen atoms in total. The van der Waals surface area contributed by atoms with Gasteiger partial charge in [0.25, 0.3) is 0 Å². The molecule has 2 rings (SSSR count). The fraction of sp³-hybridized carbons (Fsp3) is 0.833. The van der Waals surface area contributed by atoms with Crippen LogP contribution in [0.5, 0.6) is 0 Å². The minimum Gasteiger partial charge on any atom is -0.338 e. The van der Waals surface area contributed by atoms with Crippen molar-refractivity contribution in [2.24, 2.45) is 5.41 Å². The highest BCUT2D eigenvalue weighted by atomic mass is 16.2. The van der Waals surface area contributed by atoms with Crippen LogP contribution in [0.4, 0.5) is 0 Å². The highest BCUT2D eigenvalue weighted by Gasteiger charge is 2.41. The maximum absolute atomic E-state index is 12.2. The lowest BCUT2D eigenvalue weighted by Crippen LogP contribution is -2.44. The highest BCUT2D eigenvalue weighted by molar-refractivity contribution is 5.83. The van der Waals surface area contributed by atoms with E-state index in [1.807, 2.05) is 4.90 Å². The Morgan fingerprint density at radius 2 is 2.25 bits per heavy atom. The van der Waals surface area contributed by atoms with E-state index in [0.717, 1.165) is 25.9 Å². The number of hydrogen-bond donors (Lipinski definition) is 1. The van der Waals surface area contributed by atoms with Crippen LogP contribution in [0.15, 0.2) is 0 Å². The standard InChI is InChI=1S/C12H19N3O/c1-12(2)7-14-10(5-6-13)11(16)15(8-12)9-3-4-9/h9-10,14H,3-5,7-8H2,1-2H3. The summed E-state index contributed by atoms with van der Waals surface area (Å²) in [6.07, 6.45) is 2.53. The molecule has 0 spiro atoms. The lowest BCUT2D eigenvalue weighted by atomic mass is 9.93. The second kappa shape index (κ2) is 4.06. The molecule has 1 saturated carbocycles. The van der Waals surface area contributed by atoms with Crippen molar-refractivity contribution in [1.82, 2.24) is 10.2 Å². The van der Waals surface area contributed by atoms with Crippen LogP contribution < -0.4 is 5.32 Å². The van der Waals surface area contributed by atoms with Crippen LogP contribution in [0.3, 0.4) is 0 Å². The first-order valence-electron chi connectivity index (χ1n) is 5.94. The van der Waals surface area contributed by atoms with Crippen LogP contribution in [-0.2, 0) is 4.79 Å². The number of amides is 1. The van der Waals surface area contributed by atoms with Crippen LogP contribution in [0.25, 0.3) is 0 Å². The molecule has 4 heteroatoms. The monoisotopic (exact) mass is 221 g/mol. The van der Waals surface area contributed by atoms with Crippen molar-refractivity contribution in [3.8, 4) is 6.07 Å². The van der Waals surface area contributed by atoms with E-state index in [0.29, 0.717) is 6.04 Å². The van der Waals surface area contributed by atoms with Crippen molar-refractivity contribution < 1.29 is 4.79 Å². The van der Waals surface area contributed by atoms with Gasteiger partial charge in [0, 0.05) is 19.1 Å². The molecule has 0 aromatic carbocycles. The number of hydrogen-bond acceptors (Lipinski definition) is 3. The molecule has 1 saturated heterocycles. The average molecular weight is 221 g/mol. The Balaban J connectivity index is 2.15. The fourth-order valence-electron chi connectivity index (χ4n) is 2.23. The van der Waals surface area contributed by atoms with Crippen molar-refractivity contribution in [2.45, 2.75) is 45.2 Å². The molecular weight excluding hydrogens is 202 g/mol. The zero-order chi connectivity index (χ0) is 11.8. The number of rotatable bonds is 2. The molecule has 1 heterocycles.